The van der Waals surface area contributed by atoms with Crippen LogP contribution in [-0.2, 0) is 4.79 Å². The van der Waals surface area contributed by atoms with Gasteiger partial charge in [0, 0.05) is 5.56 Å². The summed E-state index contributed by atoms with van der Waals surface area (Å²) in [7, 11) is 0. The number of anilines is 1. The van der Waals surface area contributed by atoms with Crippen LogP contribution in [0.4, 0.5) is 14.6 Å². The van der Waals surface area contributed by atoms with Crippen molar-refractivity contribution in [1.29, 1.82) is 0 Å². The van der Waals surface area contributed by atoms with Gasteiger partial charge in [-0.25, -0.2) is 13.4 Å². The maximum absolute atomic E-state index is 13.6. The minimum Gasteiger partial charge on any atom is -0.478 e. The third kappa shape index (κ3) is 3.79. The van der Waals surface area contributed by atoms with Crippen LogP contribution in [0.3, 0.4) is 0 Å². The van der Waals surface area contributed by atoms with E-state index in [-0.39, 0.29) is 17.3 Å². The number of hydrogen-bond donors (Lipinski definition) is 1. The minimum atomic E-state index is -0.991. The Morgan fingerprint density at radius 1 is 1.12 bits per heavy atom. The molecule has 8 heteroatoms. The molecule has 0 saturated carbocycles. The molecule has 0 fully saturated rings. The van der Waals surface area contributed by atoms with Crippen LogP contribution in [0.1, 0.15) is 6.92 Å². The first-order valence-corrected chi connectivity index (χ1v) is 7.35. The van der Waals surface area contributed by atoms with Gasteiger partial charge in [-0.3, -0.25) is 4.79 Å². The Bertz CT molecular complexity index is 881. The smallest absolute Gasteiger partial charge is 0.266 e. The summed E-state index contributed by atoms with van der Waals surface area (Å²) in [6.45, 7) is 1.47. The molecule has 1 amide bonds. The summed E-state index contributed by atoms with van der Waals surface area (Å²) in [4.78, 5) is 12.2. The lowest BCUT2D eigenvalue weighted by molar-refractivity contribution is -0.122. The van der Waals surface area contributed by atoms with E-state index in [1.54, 1.807) is 6.07 Å². The second-order valence-corrected chi connectivity index (χ2v) is 5.15. The summed E-state index contributed by atoms with van der Waals surface area (Å²) in [5.74, 6) is -1.53. The first-order chi connectivity index (χ1) is 12.0. The predicted octanol–water partition coefficient (Wildman–Crippen LogP) is 3.42. The molecule has 1 atom stereocenters. The number of nitrogens with one attached hydrogen (secondary N) is 1. The van der Waals surface area contributed by atoms with Gasteiger partial charge in [-0.2, -0.15) is 0 Å². The van der Waals surface area contributed by atoms with Crippen LogP contribution >= 0.6 is 0 Å². The van der Waals surface area contributed by atoms with E-state index >= 15 is 0 Å². The molecule has 6 nitrogen and oxygen atoms in total. The highest BCUT2D eigenvalue weighted by Crippen LogP contribution is 2.25. The van der Waals surface area contributed by atoms with Gasteiger partial charge in [0.25, 0.3) is 5.91 Å². The molecule has 1 aromatic heterocycles. The average Bonchev–Trinajstić information content (AvgIpc) is 3.05. The molecule has 3 aromatic rings. The van der Waals surface area contributed by atoms with Gasteiger partial charge in [0.05, 0.1) is 0 Å². The second kappa shape index (κ2) is 7.08. The first-order valence-electron chi connectivity index (χ1n) is 7.35. The van der Waals surface area contributed by atoms with Crippen molar-refractivity contribution in [3.05, 3.63) is 60.2 Å². The molecule has 0 aliphatic heterocycles. The summed E-state index contributed by atoms with van der Waals surface area (Å²) in [5, 5.41) is 9.82. The van der Waals surface area contributed by atoms with E-state index in [1.807, 2.05) is 0 Å². The van der Waals surface area contributed by atoms with Crippen LogP contribution in [0.25, 0.3) is 11.3 Å². The summed E-state index contributed by atoms with van der Waals surface area (Å²) in [5.41, 5.74) is 0.757. The molecular formula is C17H13F2N3O3. The number of para-hydroxylation sites is 1. The molecule has 0 saturated heterocycles. The van der Waals surface area contributed by atoms with E-state index in [0.717, 1.165) is 0 Å². The quantitative estimate of drug-likeness (QED) is 0.767. The topological polar surface area (TPSA) is 77.2 Å². The van der Waals surface area contributed by atoms with Crippen molar-refractivity contribution < 1.29 is 22.9 Å². The Morgan fingerprint density at radius 3 is 2.56 bits per heavy atom. The van der Waals surface area contributed by atoms with Crippen molar-refractivity contribution >= 4 is 11.7 Å². The fraction of sp³-hybridized carbons (Fsp3) is 0.118. The van der Waals surface area contributed by atoms with Gasteiger partial charge in [-0.15, -0.1) is 0 Å². The number of hydrogen-bond acceptors (Lipinski definition) is 5. The summed E-state index contributed by atoms with van der Waals surface area (Å²) in [6.07, 6.45) is -0.991. The number of nitrogens with zero attached hydrogens (tertiary/aromatic N) is 2. The van der Waals surface area contributed by atoms with Crippen molar-refractivity contribution in [2.24, 2.45) is 0 Å². The van der Waals surface area contributed by atoms with E-state index in [4.69, 9.17) is 4.74 Å². The monoisotopic (exact) mass is 345 g/mol. The number of carbonyl (C=O) groups excluding carboxylic acids is 1. The van der Waals surface area contributed by atoms with E-state index in [0.29, 0.717) is 5.56 Å². The molecule has 0 spiro atoms. The Kier molecular flexibility index (Phi) is 4.69. The fourth-order valence-corrected chi connectivity index (χ4v) is 2.07. The van der Waals surface area contributed by atoms with Crippen molar-refractivity contribution in [3.8, 4) is 17.0 Å². The molecule has 0 radical (unpaired) electrons. The first kappa shape index (κ1) is 16.6. The number of ether oxygens (including phenoxy) is 1. The van der Waals surface area contributed by atoms with Crippen molar-refractivity contribution in [2.45, 2.75) is 13.0 Å². The van der Waals surface area contributed by atoms with Gasteiger partial charge < -0.3 is 10.1 Å². The summed E-state index contributed by atoms with van der Waals surface area (Å²) < 4.78 is 36.5. The van der Waals surface area contributed by atoms with Crippen molar-refractivity contribution in [3.63, 3.8) is 0 Å². The third-order valence-electron chi connectivity index (χ3n) is 3.36. The molecule has 0 aliphatic rings. The molecule has 3 rings (SSSR count). The lowest BCUT2D eigenvalue weighted by Crippen LogP contribution is -2.30. The number of carbonyl (C=O) groups is 1. The number of benzene rings is 2. The molecule has 0 unspecified atom stereocenters. The van der Waals surface area contributed by atoms with Gasteiger partial charge in [-0.1, -0.05) is 12.1 Å². The SMILES string of the molecule is C[C@H](Oc1ccccc1F)C(=O)Nc1nonc1-c1ccc(F)cc1. The van der Waals surface area contributed by atoms with E-state index in [1.165, 1.54) is 49.4 Å². The van der Waals surface area contributed by atoms with Crippen molar-refractivity contribution in [2.75, 3.05) is 5.32 Å². The maximum Gasteiger partial charge on any atom is 0.266 e. The number of amides is 1. The normalized spacial score (nSPS) is 11.8. The van der Waals surface area contributed by atoms with Crippen molar-refractivity contribution in [1.82, 2.24) is 10.3 Å². The highest BCUT2D eigenvalue weighted by atomic mass is 19.1. The molecule has 2 aromatic carbocycles. The van der Waals surface area contributed by atoms with Crippen LogP contribution < -0.4 is 10.1 Å². The molecule has 25 heavy (non-hydrogen) atoms. The largest absolute Gasteiger partial charge is 0.478 e. The van der Waals surface area contributed by atoms with Gasteiger partial charge in [-0.05, 0) is 53.6 Å². The fourth-order valence-electron chi connectivity index (χ4n) is 2.07. The van der Waals surface area contributed by atoms with E-state index in [2.05, 4.69) is 20.3 Å². The zero-order chi connectivity index (χ0) is 17.8. The Balaban J connectivity index is 1.72. The zero-order valence-electron chi connectivity index (χ0n) is 13.1. The third-order valence-corrected chi connectivity index (χ3v) is 3.36. The van der Waals surface area contributed by atoms with Crippen LogP contribution in [0, 0.1) is 11.6 Å². The molecule has 128 valence electrons. The highest BCUT2D eigenvalue weighted by molar-refractivity contribution is 5.95. The average molecular weight is 345 g/mol. The Hall–Kier alpha value is -3.29. The van der Waals surface area contributed by atoms with E-state index in [9.17, 15) is 13.6 Å². The number of rotatable bonds is 5. The molecule has 1 N–H and O–H groups in total. The molecule has 0 aliphatic carbocycles. The predicted molar refractivity (Wildman–Crippen MR) is 84.8 cm³/mol. The lowest BCUT2D eigenvalue weighted by Gasteiger charge is -2.14. The van der Waals surface area contributed by atoms with Gasteiger partial charge in [0.15, 0.2) is 23.4 Å². The van der Waals surface area contributed by atoms with Crippen LogP contribution in [0.15, 0.2) is 53.2 Å². The number of halogens is 2. The van der Waals surface area contributed by atoms with E-state index < -0.39 is 23.6 Å². The van der Waals surface area contributed by atoms with Gasteiger partial charge in [0.2, 0.25) is 5.82 Å². The molecule has 1 heterocycles. The number of aromatic nitrogens is 2. The Morgan fingerprint density at radius 2 is 1.84 bits per heavy atom. The maximum atomic E-state index is 13.6. The lowest BCUT2D eigenvalue weighted by atomic mass is 10.1. The van der Waals surface area contributed by atoms with Crippen LogP contribution in [0.5, 0.6) is 5.75 Å². The zero-order valence-corrected chi connectivity index (χ0v) is 13.1. The summed E-state index contributed by atoms with van der Waals surface area (Å²) >= 11 is 0. The Labute approximate surface area is 141 Å². The highest BCUT2D eigenvalue weighted by Gasteiger charge is 2.21. The standard InChI is InChI=1S/C17H13F2N3O3/c1-10(24-14-5-3-2-4-13(14)19)17(23)20-16-15(21-25-22-16)11-6-8-12(18)9-7-11/h2-10H,1H3,(H,20,22,23)/t10-/m0/s1. The molecular weight excluding hydrogens is 332 g/mol. The summed E-state index contributed by atoms with van der Waals surface area (Å²) in [6, 6.07) is 11.2. The minimum absolute atomic E-state index is 0.0396. The van der Waals surface area contributed by atoms with Gasteiger partial charge in [0.1, 0.15) is 5.82 Å². The van der Waals surface area contributed by atoms with Gasteiger partial charge >= 0.3 is 0 Å². The molecule has 0 bridgehead atoms. The van der Waals surface area contributed by atoms with Crippen LogP contribution in [-0.4, -0.2) is 22.3 Å². The second-order valence-electron chi connectivity index (χ2n) is 5.15. The van der Waals surface area contributed by atoms with Crippen LogP contribution in [0.2, 0.25) is 0 Å².